The monoisotopic (exact) mass is 353 g/mol. The van der Waals surface area contributed by atoms with Crippen molar-refractivity contribution < 1.29 is 9.90 Å². The van der Waals surface area contributed by atoms with Gasteiger partial charge in [-0.15, -0.1) is 0 Å². The first kappa shape index (κ1) is 18.3. The Bertz CT molecular complexity index is 737. The van der Waals surface area contributed by atoms with Crippen molar-refractivity contribution >= 4 is 17.3 Å². The molecule has 0 aliphatic carbocycles. The second-order valence-electron chi connectivity index (χ2n) is 7.03. The summed E-state index contributed by atoms with van der Waals surface area (Å²) in [6, 6.07) is 15.4. The molecule has 0 bridgehead atoms. The van der Waals surface area contributed by atoms with Gasteiger partial charge in [-0.2, -0.15) is 0 Å². The molecule has 1 saturated heterocycles. The van der Waals surface area contributed by atoms with Crippen LogP contribution in [-0.4, -0.2) is 41.1 Å². The number of hydrogen-bond acceptors (Lipinski definition) is 4. The van der Waals surface area contributed by atoms with Gasteiger partial charge in [0.05, 0.1) is 17.5 Å². The van der Waals surface area contributed by atoms with Gasteiger partial charge in [-0.05, 0) is 37.5 Å². The number of piperidine rings is 1. The first-order valence-electron chi connectivity index (χ1n) is 9.16. The molecule has 0 radical (unpaired) electrons. The summed E-state index contributed by atoms with van der Waals surface area (Å²) in [4.78, 5) is 15.0. The van der Waals surface area contributed by atoms with E-state index in [9.17, 15) is 9.90 Å². The fraction of sp³-hybridized carbons (Fsp3) is 0.381. The molecule has 1 aliphatic heterocycles. The average Bonchev–Trinajstić information content (AvgIpc) is 2.65. The van der Waals surface area contributed by atoms with Crippen LogP contribution in [-0.2, 0) is 11.2 Å². The van der Waals surface area contributed by atoms with Gasteiger partial charge in [0.15, 0.2) is 0 Å². The molecule has 1 amide bonds. The van der Waals surface area contributed by atoms with Gasteiger partial charge in [-0.1, -0.05) is 42.0 Å². The van der Waals surface area contributed by atoms with Crippen molar-refractivity contribution in [1.29, 1.82) is 0 Å². The lowest BCUT2D eigenvalue weighted by molar-refractivity contribution is -0.134. The Balaban J connectivity index is 1.79. The summed E-state index contributed by atoms with van der Waals surface area (Å²) < 4.78 is 0. The summed E-state index contributed by atoms with van der Waals surface area (Å²) in [5.41, 5.74) is 9.76. The van der Waals surface area contributed by atoms with Crippen LogP contribution in [0.5, 0.6) is 0 Å². The number of hydrogen-bond donors (Lipinski definition) is 3. The zero-order valence-corrected chi connectivity index (χ0v) is 15.2. The van der Waals surface area contributed by atoms with E-state index in [4.69, 9.17) is 5.73 Å². The van der Waals surface area contributed by atoms with E-state index in [0.717, 1.165) is 11.3 Å². The van der Waals surface area contributed by atoms with Crippen LogP contribution in [0.25, 0.3) is 0 Å². The molecule has 0 saturated carbocycles. The molecule has 5 heteroatoms. The lowest BCUT2D eigenvalue weighted by Gasteiger charge is -2.33. The summed E-state index contributed by atoms with van der Waals surface area (Å²) in [5, 5.41) is 13.0. The summed E-state index contributed by atoms with van der Waals surface area (Å²) in [7, 11) is 0. The zero-order chi connectivity index (χ0) is 18.5. The van der Waals surface area contributed by atoms with E-state index in [0.29, 0.717) is 38.0 Å². The predicted molar refractivity (Wildman–Crippen MR) is 105 cm³/mol. The van der Waals surface area contributed by atoms with E-state index >= 15 is 0 Å². The maximum Gasteiger partial charge on any atom is 0.245 e. The number of benzene rings is 2. The second-order valence-corrected chi connectivity index (χ2v) is 7.03. The number of likely N-dealkylation sites (tertiary alicyclic amines) is 1. The Morgan fingerprint density at radius 3 is 2.50 bits per heavy atom. The lowest BCUT2D eigenvalue weighted by atomic mass is 10.0. The quantitative estimate of drug-likeness (QED) is 0.722. The molecule has 26 heavy (non-hydrogen) atoms. The van der Waals surface area contributed by atoms with Crippen LogP contribution >= 0.6 is 0 Å². The van der Waals surface area contributed by atoms with Crippen molar-refractivity contribution in [2.45, 2.75) is 38.3 Å². The molecule has 4 N–H and O–H groups in total. The Hall–Kier alpha value is -2.53. The smallest absolute Gasteiger partial charge is 0.245 e. The second kappa shape index (κ2) is 8.23. The summed E-state index contributed by atoms with van der Waals surface area (Å²) >= 11 is 0. The van der Waals surface area contributed by atoms with Crippen molar-refractivity contribution in [2.24, 2.45) is 0 Å². The number of nitrogens with one attached hydrogen (secondary N) is 1. The number of amides is 1. The number of carbonyl (C=O) groups is 1. The fourth-order valence-electron chi connectivity index (χ4n) is 3.28. The molecular weight excluding hydrogens is 326 g/mol. The average molecular weight is 353 g/mol. The number of aliphatic hydroxyl groups excluding tert-OH is 1. The first-order chi connectivity index (χ1) is 12.5. The Labute approximate surface area is 154 Å². The maximum atomic E-state index is 13.1. The minimum atomic E-state index is -0.391. The maximum absolute atomic E-state index is 13.1. The highest BCUT2D eigenvalue weighted by molar-refractivity contribution is 5.86. The number of nitrogens with two attached hydrogens (primary N) is 1. The Kier molecular flexibility index (Phi) is 5.78. The van der Waals surface area contributed by atoms with E-state index in [1.165, 1.54) is 5.56 Å². The number of carbonyl (C=O) groups excluding carboxylic acids is 1. The summed E-state index contributed by atoms with van der Waals surface area (Å²) in [5.74, 6) is 0.0562. The van der Waals surface area contributed by atoms with Crippen molar-refractivity contribution in [2.75, 3.05) is 24.1 Å². The molecule has 1 atom stereocenters. The molecule has 138 valence electrons. The van der Waals surface area contributed by atoms with Gasteiger partial charge in [0.1, 0.15) is 6.04 Å². The Morgan fingerprint density at radius 1 is 1.19 bits per heavy atom. The molecule has 0 aromatic heterocycles. The SMILES string of the molecule is Cc1ccc(CC(Nc2ccccc2N)C(=O)N2CCC(O)CC2)cc1. The van der Waals surface area contributed by atoms with Crippen LogP contribution in [0.3, 0.4) is 0 Å². The van der Waals surface area contributed by atoms with E-state index in [1.807, 2.05) is 36.1 Å². The van der Waals surface area contributed by atoms with Gasteiger partial charge in [0, 0.05) is 19.5 Å². The number of anilines is 2. The summed E-state index contributed by atoms with van der Waals surface area (Å²) in [6.45, 7) is 3.24. The van der Waals surface area contributed by atoms with Crippen LogP contribution in [0.1, 0.15) is 24.0 Å². The van der Waals surface area contributed by atoms with Crippen LogP contribution in [0.4, 0.5) is 11.4 Å². The van der Waals surface area contributed by atoms with Gasteiger partial charge in [0.25, 0.3) is 0 Å². The van der Waals surface area contributed by atoms with Gasteiger partial charge in [-0.3, -0.25) is 4.79 Å². The topological polar surface area (TPSA) is 78.6 Å². The number of nitrogens with zero attached hydrogens (tertiary/aromatic N) is 1. The molecule has 1 unspecified atom stereocenters. The highest BCUT2D eigenvalue weighted by Gasteiger charge is 2.28. The number of aryl methyl sites for hydroxylation is 1. The number of nitrogen functional groups attached to an aromatic ring is 1. The van der Waals surface area contributed by atoms with Crippen LogP contribution < -0.4 is 11.1 Å². The van der Waals surface area contributed by atoms with Crippen molar-refractivity contribution in [3.05, 3.63) is 59.7 Å². The highest BCUT2D eigenvalue weighted by Crippen LogP contribution is 2.21. The van der Waals surface area contributed by atoms with Gasteiger partial charge in [0.2, 0.25) is 5.91 Å². The van der Waals surface area contributed by atoms with Crippen molar-refractivity contribution in [3.63, 3.8) is 0 Å². The van der Waals surface area contributed by atoms with Gasteiger partial charge in [-0.25, -0.2) is 0 Å². The third-order valence-corrected chi connectivity index (χ3v) is 4.93. The number of aliphatic hydroxyl groups is 1. The zero-order valence-electron chi connectivity index (χ0n) is 15.2. The molecule has 1 fully saturated rings. The molecule has 0 spiro atoms. The summed E-state index contributed by atoms with van der Waals surface area (Å²) in [6.07, 6.45) is 1.56. The van der Waals surface area contributed by atoms with E-state index < -0.39 is 6.04 Å². The minimum Gasteiger partial charge on any atom is -0.397 e. The molecule has 1 heterocycles. The fourth-order valence-corrected chi connectivity index (χ4v) is 3.28. The third-order valence-electron chi connectivity index (χ3n) is 4.93. The lowest BCUT2D eigenvalue weighted by Crippen LogP contribution is -2.48. The van der Waals surface area contributed by atoms with Gasteiger partial charge < -0.3 is 21.1 Å². The predicted octanol–water partition coefficient (Wildman–Crippen LogP) is 2.58. The van der Waals surface area contributed by atoms with Crippen LogP contribution in [0, 0.1) is 6.92 Å². The van der Waals surface area contributed by atoms with Crippen LogP contribution in [0.15, 0.2) is 48.5 Å². The molecule has 2 aromatic rings. The number of rotatable bonds is 5. The van der Waals surface area contributed by atoms with E-state index in [1.54, 1.807) is 0 Å². The molecule has 5 nitrogen and oxygen atoms in total. The molecular formula is C21H27N3O2. The standard InChI is InChI=1S/C21H27N3O2/c1-15-6-8-16(9-7-15)14-20(23-19-5-3-2-4-18(19)22)21(26)24-12-10-17(25)11-13-24/h2-9,17,20,23,25H,10-14,22H2,1H3. The Morgan fingerprint density at radius 2 is 1.85 bits per heavy atom. The van der Waals surface area contributed by atoms with Crippen LogP contribution in [0.2, 0.25) is 0 Å². The first-order valence-corrected chi connectivity index (χ1v) is 9.16. The highest BCUT2D eigenvalue weighted by atomic mass is 16.3. The third kappa shape index (κ3) is 4.55. The molecule has 1 aliphatic rings. The largest absolute Gasteiger partial charge is 0.397 e. The minimum absolute atomic E-state index is 0.0562. The van der Waals surface area contributed by atoms with Crippen molar-refractivity contribution in [1.82, 2.24) is 4.90 Å². The normalized spacial score (nSPS) is 16.3. The van der Waals surface area contributed by atoms with E-state index in [2.05, 4.69) is 29.6 Å². The number of para-hydroxylation sites is 2. The van der Waals surface area contributed by atoms with Crippen molar-refractivity contribution in [3.8, 4) is 0 Å². The van der Waals surface area contributed by atoms with Gasteiger partial charge >= 0.3 is 0 Å². The van der Waals surface area contributed by atoms with E-state index in [-0.39, 0.29) is 12.0 Å². The molecule has 2 aromatic carbocycles. The molecule has 3 rings (SSSR count).